The topological polar surface area (TPSA) is 34.4 Å². The number of fused-ring (bicyclic) bond motifs is 16. The van der Waals surface area contributed by atoms with Crippen LogP contribution in [0.2, 0.25) is 0 Å². The molecular formula is C94H64BN5O. The van der Waals surface area contributed by atoms with E-state index in [1.54, 1.807) is 30.3 Å². The second kappa shape index (κ2) is 21.8. The van der Waals surface area contributed by atoms with Crippen molar-refractivity contribution >= 4 is 145 Å². The Kier molecular flexibility index (Phi) is 8.29. The second-order valence-corrected chi connectivity index (χ2v) is 26.5. The Morgan fingerprint density at radius 1 is 0.317 bits per heavy atom. The first-order chi connectivity index (χ1) is 59.7. The third-order valence-electron chi connectivity index (χ3n) is 20.1. The first kappa shape index (κ1) is 38.3. The van der Waals surface area contributed by atoms with Crippen LogP contribution in [0, 0.1) is 0 Å². The third-order valence-corrected chi connectivity index (χ3v) is 20.1. The van der Waals surface area contributed by atoms with E-state index >= 15 is 0 Å². The molecule has 2 aliphatic heterocycles. The van der Waals surface area contributed by atoms with Gasteiger partial charge in [-0.2, -0.15) is 0 Å². The molecule has 0 unspecified atom stereocenters. The van der Waals surface area contributed by atoms with Crippen molar-refractivity contribution in [2.45, 2.75) is 26.2 Å². The highest BCUT2D eigenvalue weighted by Crippen LogP contribution is 2.56. The van der Waals surface area contributed by atoms with Crippen molar-refractivity contribution in [1.29, 1.82) is 0 Å². The van der Waals surface area contributed by atoms with Crippen LogP contribution in [0.5, 0.6) is 0 Å². The van der Waals surface area contributed by atoms with Gasteiger partial charge in [-0.1, -0.05) is 251 Å². The van der Waals surface area contributed by atoms with Gasteiger partial charge in [0.15, 0.2) is 0 Å². The first-order valence-electron chi connectivity index (χ1n) is 45.1. The summed E-state index contributed by atoms with van der Waals surface area (Å²) < 4.78 is 241. The molecule has 0 spiro atoms. The molecule has 0 bridgehead atoms. The Bertz CT molecular complexity index is 7870. The van der Waals surface area contributed by atoms with Crippen molar-refractivity contribution in [3.05, 3.63) is 339 Å². The summed E-state index contributed by atoms with van der Waals surface area (Å²) in [7, 11) is 0. The quantitative estimate of drug-likeness (QED) is 0.142. The molecule has 101 heavy (non-hydrogen) atoms. The molecule has 0 fully saturated rings. The minimum atomic E-state index is -1.09. The summed E-state index contributed by atoms with van der Waals surface area (Å²) in [6.45, 7) is 5.22. The van der Waals surface area contributed by atoms with Crippen molar-refractivity contribution in [1.82, 2.24) is 13.7 Å². The maximum Gasteiger partial charge on any atom is 0.252 e. The molecule has 0 aliphatic carbocycles. The number of para-hydroxylation sites is 7. The molecule has 19 aromatic rings. The predicted molar refractivity (Wildman–Crippen MR) is 426 cm³/mol. The fourth-order valence-corrected chi connectivity index (χ4v) is 15.7. The average molecular weight is 1310 g/mol. The summed E-state index contributed by atoms with van der Waals surface area (Å²) in [4.78, 5) is 4.09. The fraction of sp³-hybridized carbons (Fsp3) is 0.0426. The number of rotatable bonds is 8. The fourth-order valence-electron chi connectivity index (χ4n) is 15.7. The van der Waals surface area contributed by atoms with Gasteiger partial charge in [0, 0.05) is 88.5 Å². The van der Waals surface area contributed by atoms with Crippen LogP contribution in [0.4, 0.5) is 34.1 Å². The van der Waals surface area contributed by atoms with Crippen molar-refractivity contribution in [2.75, 3.05) is 9.80 Å². The first-order valence-corrected chi connectivity index (χ1v) is 33.1. The van der Waals surface area contributed by atoms with Crippen LogP contribution in [-0.4, -0.2) is 20.4 Å². The van der Waals surface area contributed by atoms with Crippen LogP contribution in [-0.2, 0) is 5.41 Å². The lowest BCUT2D eigenvalue weighted by atomic mass is 9.33. The molecule has 15 aromatic carbocycles. The monoisotopic (exact) mass is 1310 g/mol. The molecular weight excluding hydrogens is 1230 g/mol. The molecule has 2 aliphatic rings. The van der Waals surface area contributed by atoms with E-state index in [-0.39, 0.29) is 82.5 Å². The summed E-state index contributed by atoms with van der Waals surface area (Å²) in [5.41, 5.74) is 7.98. The van der Waals surface area contributed by atoms with E-state index in [2.05, 4.69) is 37.8 Å². The molecule has 474 valence electrons. The van der Waals surface area contributed by atoms with Crippen LogP contribution in [0.25, 0.3) is 138 Å². The number of nitrogens with zero attached hydrogens (tertiary/aromatic N) is 5. The number of benzene rings is 15. The molecule has 0 saturated carbocycles. The summed E-state index contributed by atoms with van der Waals surface area (Å²) >= 11 is 0. The Labute approximate surface area is 618 Å². The number of furan rings is 1. The lowest BCUT2D eigenvalue weighted by molar-refractivity contribution is 0.591. The second-order valence-electron chi connectivity index (χ2n) is 26.5. The average Bonchev–Trinajstić information content (AvgIpc) is 1.65. The lowest BCUT2D eigenvalue weighted by Crippen LogP contribution is -2.61. The van der Waals surface area contributed by atoms with E-state index in [1.165, 1.54) is 13.7 Å². The van der Waals surface area contributed by atoms with Gasteiger partial charge < -0.3 is 27.9 Å². The van der Waals surface area contributed by atoms with E-state index in [4.69, 9.17) is 9.90 Å². The zero-order valence-corrected chi connectivity index (χ0v) is 54.1. The minimum Gasteiger partial charge on any atom is -0.456 e. The van der Waals surface area contributed by atoms with Gasteiger partial charge in [0.25, 0.3) is 6.71 Å². The normalized spacial score (nSPS) is 16.2. The van der Waals surface area contributed by atoms with Gasteiger partial charge in [-0.15, -0.1) is 0 Å². The molecule has 4 aromatic heterocycles. The van der Waals surface area contributed by atoms with Crippen LogP contribution in [0.3, 0.4) is 0 Å². The van der Waals surface area contributed by atoms with Crippen molar-refractivity contribution in [2.24, 2.45) is 0 Å². The van der Waals surface area contributed by atoms with Crippen molar-refractivity contribution < 1.29 is 37.3 Å². The molecule has 7 heteroatoms. The van der Waals surface area contributed by atoms with Gasteiger partial charge in [0.05, 0.1) is 88.4 Å². The van der Waals surface area contributed by atoms with E-state index in [1.807, 2.05) is 150 Å². The Hall–Kier alpha value is -12.8. The maximum absolute atomic E-state index is 10.2. The van der Waals surface area contributed by atoms with Crippen LogP contribution in [0.15, 0.2) is 337 Å². The molecule has 6 nitrogen and oxygen atoms in total. The van der Waals surface area contributed by atoms with Gasteiger partial charge >= 0.3 is 0 Å². The van der Waals surface area contributed by atoms with Crippen molar-refractivity contribution in [3.63, 3.8) is 0 Å². The number of anilines is 6. The van der Waals surface area contributed by atoms with Gasteiger partial charge in [0.1, 0.15) is 11.2 Å². The summed E-state index contributed by atoms with van der Waals surface area (Å²) in [6.07, 6.45) is 0. The van der Waals surface area contributed by atoms with Crippen molar-refractivity contribution in [3.8, 4) is 50.4 Å². The highest BCUT2D eigenvalue weighted by Gasteiger charge is 2.46. The summed E-state index contributed by atoms with van der Waals surface area (Å²) in [6, 6.07) is 43.8. The molecule has 21 rings (SSSR count). The van der Waals surface area contributed by atoms with E-state index in [0.29, 0.717) is 106 Å². The SMILES string of the molecule is [2H]c1c([2H])c([2H])c2c(c1[2H])c1c([2H])c([2H])c([2H])c([2H])c1n2-c1ccc2c(c1)N(c1c(-c3ccccc3)cc(C(C)(C)C)cc1-c1ccccc1)c1cc(-n3c4c([2H])c([2H])c([2H])c([2H])c4c4c([2H])c([2H])c([2H])c([2H])c43)cc3c1B2c1ccc(-n2c4c([2H])c([2H])c([2H])c([2H])c4c4c([2H])c([2H])c([2H])c([2H])c42)cc1N3c1c(-c2ccccc2)ccc2oc3ccccc3c12. The van der Waals surface area contributed by atoms with Crippen LogP contribution < -0.4 is 26.2 Å². The summed E-state index contributed by atoms with van der Waals surface area (Å²) in [5, 5.41) is -0.0562. The minimum absolute atomic E-state index is 0.0462. The molecule has 0 atom stereocenters. The molecule has 6 heterocycles. The standard InChI is InChI=1S/C94H64BN5O/c1-94(2,3)62-53-74(60-29-9-5-10-30-60)92(75(54-62)61-31-11-6-12-32-61)99-84-55-63(96-78-40-20-13-33-67(78)68-34-14-21-41-79(68)96)47-50-76(84)95-77-51-48-64(97-80-42-22-15-35-69(80)70-36-16-23-43-81(70)97)56-85(77)100(93-66(59-27-7-4-8-28-59)49-52-89-90(93)73-39-19-26-46-88(73)101-89)87-58-65(57-86(99)91(87)95)98-82-44-24-17-37-71(82)72-38-18-25-45-83(72)98/h4-58H,1-3H3/i13D,14D,15D,16D,17D,18D,20D,21D,22D,23D,24D,25D,33D,34D,35D,36D,37D,38D,40D,41D,42D,43D,44D,45D. The van der Waals surface area contributed by atoms with Gasteiger partial charge in [-0.25, -0.2) is 0 Å². The Morgan fingerprint density at radius 2 is 0.683 bits per heavy atom. The maximum atomic E-state index is 10.2. The zero-order chi connectivity index (χ0) is 87.7. The van der Waals surface area contributed by atoms with E-state index in [9.17, 15) is 27.4 Å². The molecule has 0 radical (unpaired) electrons. The van der Waals surface area contributed by atoms with Gasteiger partial charge in [-0.3, -0.25) is 0 Å². The highest BCUT2D eigenvalue weighted by molar-refractivity contribution is 7.00. The predicted octanol–water partition coefficient (Wildman–Crippen LogP) is 23.3. The van der Waals surface area contributed by atoms with Gasteiger partial charge in [0.2, 0.25) is 0 Å². The summed E-state index contributed by atoms with van der Waals surface area (Å²) in [5.74, 6) is 0. The largest absolute Gasteiger partial charge is 0.456 e. The van der Waals surface area contributed by atoms with E-state index < -0.39 is 157 Å². The molecule has 0 amide bonds. The van der Waals surface area contributed by atoms with Crippen LogP contribution in [0.1, 0.15) is 59.2 Å². The smallest absolute Gasteiger partial charge is 0.252 e. The number of aromatic nitrogens is 3. The number of hydrogen-bond acceptors (Lipinski definition) is 3. The number of hydrogen-bond donors (Lipinski definition) is 0. The zero-order valence-electron chi connectivity index (χ0n) is 78.1. The highest BCUT2D eigenvalue weighted by atomic mass is 16.3. The third kappa shape index (κ3) is 8.47. The van der Waals surface area contributed by atoms with Crippen LogP contribution >= 0.6 is 0 Å². The Balaban J connectivity index is 1.04. The Morgan fingerprint density at radius 3 is 1.11 bits per heavy atom. The molecule has 0 N–H and O–H groups in total. The molecule has 0 saturated heterocycles. The van der Waals surface area contributed by atoms with Gasteiger partial charge in [-0.05, 0) is 147 Å². The van der Waals surface area contributed by atoms with E-state index in [0.717, 1.165) is 5.56 Å². The lowest BCUT2D eigenvalue weighted by Gasteiger charge is -2.46.